The normalized spacial score (nSPS) is 19.6. The van der Waals surface area contributed by atoms with E-state index in [4.69, 9.17) is 0 Å². The molecule has 0 radical (unpaired) electrons. The topological polar surface area (TPSA) is 53.2 Å². The van der Waals surface area contributed by atoms with Gasteiger partial charge in [0.25, 0.3) is 11.5 Å². The van der Waals surface area contributed by atoms with Crippen LogP contribution in [0.25, 0.3) is 0 Å². The molecule has 1 amide bonds. The van der Waals surface area contributed by atoms with Crippen LogP contribution in [0.1, 0.15) is 68.4 Å². The molecule has 2 heterocycles. The van der Waals surface area contributed by atoms with E-state index in [-0.39, 0.29) is 22.9 Å². The molecule has 21 heavy (non-hydrogen) atoms. The lowest BCUT2D eigenvalue weighted by atomic mass is 9.98. The molecule has 1 N–H and O–H groups in total. The second-order valence-corrected chi connectivity index (χ2v) is 6.31. The number of hydrogen-bond donors (Lipinski definition) is 1. The van der Waals surface area contributed by atoms with Crippen LogP contribution in [-0.4, -0.2) is 28.9 Å². The van der Waals surface area contributed by atoms with Crippen molar-refractivity contribution in [2.45, 2.75) is 52.4 Å². The second-order valence-electron chi connectivity index (χ2n) is 6.31. The third kappa shape index (κ3) is 3.74. The summed E-state index contributed by atoms with van der Waals surface area (Å²) in [5.41, 5.74) is 0.885. The van der Waals surface area contributed by atoms with Crippen LogP contribution in [0.15, 0.2) is 16.9 Å². The van der Waals surface area contributed by atoms with Gasteiger partial charge in [-0.15, -0.1) is 0 Å². The maximum absolute atomic E-state index is 12.6. The van der Waals surface area contributed by atoms with Gasteiger partial charge in [-0.25, -0.2) is 0 Å². The first-order valence-electron chi connectivity index (χ1n) is 8.05. The SMILES string of the molecule is CCC1CCCN(C(=O)c2ccc(C(C)C)[nH]c2=O)CC1. The van der Waals surface area contributed by atoms with E-state index in [2.05, 4.69) is 11.9 Å². The molecule has 4 heteroatoms. The Bertz CT molecular complexity index is 548. The molecule has 1 saturated heterocycles. The Hall–Kier alpha value is -1.58. The number of rotatable bonds is 3. The van der Waals surface area contributed by atoms with Crippen LogP contribution < -0.4 is 5.56 Å². The molecule has 0 spiro atoms. The number of H-pyrrole nitrogens is 1. The number of aromatic nitrogens is 1. The molecule has 1 aromatic heterocycles. The first-order valence-corrected chi connectivity index (χ1v) is 8.05. The lowest BCUT2D eigenvalue weighted by Crippen LogP contribution is -2.35. The van der Waals surface area contributed by atoms with Crippen molar-refractivity contribution in [1.82, 2.24) is 9.88 Å². The summed E-state index contributed by atoms with van der Waals surface area (Å²) in [4.78, 5) is 29.4. The first kappa shape index (κ1) is 15.8. The Labute approximate surface area is 126 Å². The Kier molecular flexibility index (Phi) is 5.21. The first-order chi connectivity index (χ1) is 10.0. The Morgan fingerprint density at radius 2 is 2.10 bits per heavy atom. The van der Waals surface area contributed by atoms with Crippen LogP contribution in [0, 0.1) is 5.92 Å². The molecule has 0 saturated carbocycles. The summed E-state index contributed by atoms with van der Waals surface area (Å²) in [6.45, 7) is 7.78. The second kappa shape index (κ2) is 6.92. The van der Waals surface area contributed by atoms with Gasteiger partial charge in [0.2, 0.25) is 0 Å². The van der Waals surface area contributed by atoms with E-state index >= 15 is 0 Å². The number of aromatic amines is 1. The summed E-state index contributed by atoms with van der Waals surface area (Å²) < 4.78 is 0. The predicted octanol–water partition coefficient (Wildman–Crippen LogP) is 3.15. The molecule has 1 aliphatic rings. The molecular weight excluding hydrogens is 264 g/mol. The molecule has 0 aliphatic carbocycles. The van der Waals surface area contributed by atoms with Crippen molar-refractivity contribution in [2.75, 3.05) is 13.1 Å². The van der Waals surface area contributed by atoms with Crippen molar-refractivity contribution >= 4 is 5.91 Å². The molecule has 0 aromatic carbocycles. The van der Waals surface area contributed by atoms with E-state index in [0.717, 1.165) is 31.6 Å². The molecule has 116 valence electrons. The van der Waals surface area contributed by atoms with Crippen LogP contribution in [0.3, 0.4) is 0 Å². The minimum Gasteiger partial charge on any atom is -0.338 e. The van der Waals surface area contributed by atoms with Gasteiger partial charge in [-0.2, -0.15) is 0 Å². The minimum atomic E-state index is -0.262. The Morgan fingerprint density at radius 3 is 2.71 bits per heavy atom. The van der Waals surface area contributed by atoms with Gasteiger partial charge in [0.15, 0.2) is 0 Å². The van der Waals surface area contributed by atoms with Crippen molar-refractivity contribution in [3.8, 4) is 0 Å². The number of hydrogen-bond acceptors (Lipinski definition) is 2. The average molecular weight is 290 g/mol. The zero-order valence-corrected chi connectivity index (χ0v) is 13.3. The average Bonchev–Trinajstić information content (AvgIpc) is 2.71. The van der Waals surface area contributed by atoms with Gasteiger partial charge < -0.3 is 9.88 Å². The van der Waals surface area contributed by atoms with E-state index in [1.165, 1.54) is 12.8 Å². The van der Waals surface area contributed by atoms with Gasteiger partial charge in [-0.05, 0) is 43.2 Å². The fraction of sp³-hybridized carbons (Fsp3) is 0.647. The van der Waals surface area contributed by atoms with Gasteiger partial charge in [0, 0.05) is 18.8 Å². The zero-order chi connectivity index (χ0) is 15.4. The third-order valence-electron chi connectivity index (χ3n) is 4.50. The van der Waals surface area contributed by atoms with Crippen LogP contribution in [-0.2, 0) is 0 Å². The number of nitrogens with zero attached hydrogens (tertiary/aromatic N) is 1. The van der Waals surface area contributed by atoms with Crippen LogP contribution >= 0.6 is 0 Å². The van der Waals surface area contributed by atoms with Gasteiger partial charge >= 0.3 is 0 Å². The van der Waals surface area contributed by atoms with E-state index in [1.54, 1.807) is 6.07 Å². The third-order valence-corrected chi connectivity index (χ3v) is 4.50. The molecule has 1 atom stereocenters. The van der Waals surface area contributed by atoms with Gasteiger partial charge in [-0.1, -0.05) is 27.2 Å². The fourth-order valence-corrected chi connectivity index (χ4v) is 2.94. The molecule has 0 bridgehead atoms. The summed E-state index contributed by atoms with van der Waals surface area (Å²) in [5, 5.41) is 0. The number of carbonyl (C=O) groups excluding carboxylic acids is 1. The number of carbonyl (C=O) groups is 1. The summed E-state index contributed by atoms with van der Waals surface area (Å²) in [7, 11) is 0. The molecule has 1 aliphatic heterocycles. The van der Waals surface area contributed by atoms with Crippen molar-refractivity contribution in [1.29, 1.82) is 0 Å². The number of nitrogens with one attached hydrogen (secondary N) is 1. The number of likely N-dealkylation sites (tertiary alicyclic amines) is 1. The summed E-state index contributed by atoms with van der Waals surface area (Å²) in [5.74, 6) is 0.845. The van der Waals surface area contributed by atoms with E-state index in [9.17, 15) is 9.59 Å². The molecule has 1 fully saturated rings. The largest absolute Gasteiger partial charge is 0.338 e. The zero-order valence-electron chi connectivity index (χ0n) is 13.3. The lowest BCUT2D eigenvalue weighted by Gasteiger charge is -2.20. The van der Waals surface area contributed by atoms with Crippen molar-refractivity contribution in [3.05, 3.63) is 33.7 Å². The fourth-order valence-electron chi connectivity index (χ4n) is 2.94. The van der Waals surface area contributed by atoms with Crippen molar-refractivity contribution < 1.29 is 4.79 Å². The van der Waals surface area contributed by atoms with E-state index in [1.807, 2.05) is 24.8 Å². The highest BCUT2D eigenvalue weighted by Crippen LogP contribution is 2.21. The highest BCUT2D eigenvalue weighted by atomic mass is 16.2. The predicted molar refractivity (Wildman–Crippen MR) is 84.7 cm³/mol. The lowest BCUT2D eigenvalue weighted by molar-refractivity contribution is 0.0758. The van der Waals surface area contributed by atoms with Gasteiger partial charge in [0.05, 0.1) is 0 Å². The quantitative estimate of drug-likeness (QED) is 0.929. The maximum Gasteiger partial charge on any atom is 0.261 e. The van der Waals surface area contributed by atoms with Crippen molar-refractivity contribution in [3.63, 3.8) is 0 Å². The maximum atomic E-state index is 12.6. The molecule has 4 nitrogen and oxygen atoms in total. The van der Waals surface area contributed by atoms with Crippen LogP contribution in [0.4, 0.5) is 0 Å². The highest BCUT2D eigenvalue weighted by Gasteiger charge is 2.22. The van der Waals surface area contributed by atoms with Gasteiger partial charge in [-0.3, -0.25) is 9.59 Å². The summed E-state index contributed by atoms with van der Waals surface area (Å²) >= 11 is 0. The molecule has 1 aromatic rings. The summed E-state index contributed by atoms with van der Waals surface area (Å²) in [6, 6.07) is 3.53. The van der Waals surface area contributed by atoms with Gasteiger partial charge in [0.1, 0.15) is 5.56 Å². The monoisotopic (exact) mass is 290 g/mol. The van der Waals surface area contributed by atoms with E-state index < -0.39 is 0 Å². The van der Waals surface area contributed by atoms with Crippen LogP contribution in [0.2, 0.25) is 0 Å². The number of pyridine rings is 1. The Morgan fingerprint density at radius 1 is 1.33 bits per heavy atom. The standard InChI is InChI=1S/C17H26N2O2/c1-4-13-6-5-10-19(11-9-13)17(21)14-7-8-15(12(2)3)18-16(14)20/h7-8,12-13H,4-6,9-11H2,1-3H3,(H,18,20). The highest BCUT2D eigenvalue weighted by molar-refractivity contribution is 5.93. The van der Waals surface area contributed by atoms with Crippen molar-refractivity contribution in [2.24, 2.45) is 5.92 Å². The summed E-state index contributed by atoms with van der Waals surface area (Å²) in [6.07, 6.45) is 4.44. The number of amides is 1. The molecular formula is C17H26N2O2. The van der Waals surface area contributed by atoms with E-state index in [0.29, 0.717) is 5.92 Å². The molecule has 1 unspecified atom stereocenters. The molecule has 2 rings (SSSR count). The van der Waals surface area contributed by atoms with Crippen LogP contribution in [0.5, 0.6) is 0 Å². The smallest absolute Gasteiger partial charge is 0.261 e. The Balaban J connectivity index is 2.14. The minimum absolute atomic E-state index is 0.122.